The van der Waals surface area contributed by atoms with Gasteiger partial charge in [-0.1, -0.05) is 0 Å². The van der Waals surface area contributed by atoms with Gasteiger partial charge in [-0.25, -0.2) is 0 Å². The molecule has 1 aliphatic heterocycles. The van der Waals surface area contributed by atoms with Gasteiger partial charge in [0, 0.05) is 0 Å². The van der Waals surface area contributed by atoms with Crippen molar-refractivity contribution in [2.75, 3.05) is 0 Å². The third-order valence-electron chi connectivity index (χ3n) is 1.40. The van der Waals surface area contributed by atoms with E-state index in [4.69, 9.17) is 9.47 Å². The molecule has 4 heteroatoms. The van der Waals surface area contributed by atoms with Crippen molar-refractivity contribution in [3.05, 3.63) is 0 Å². The van der Waals surface area contributed by atoms with Crippen molar-refractivity contribution in [3.8, 4) is 0 Å². The number of rotatable bonds is 1. The minimum atomic E-state index is -0.585. The van der Waals surface area contributed by atoms with E-state index in [1.165, 1.54) is 0 Å². The van der Waals surface area contributed by atoms with Gasteiger partial charge in [-0.3, -0.25) is 4.18 Å². The monoisotopic (exact) mass is 150 g/mol. The molecule has 3 nitrogen and oxygen atoms in total. The molecule has 9 heavy (non-hydrogen) atoms. The summed E-state index contributed by atoms with van der Waals surface area (Å²) in [7, 11) is 0. The van der Waals surface area contributed by atoms with Crippen LogP contribution < -0.4 is 0 Å². The van der Waals surface area contributed by atoms with Crippen molar-refractivity contribution >= 4 is 12.9 Å². The topological polar surface area (TPSA) is 27.7 Å². The van der Waals surface area contributed by atoms with Crippen LogP contribution in [0, 0.1) is 0 Å². The highest BCUT2D eigenvalue weighted by molar-refractivity contribution is 7.75. The molecule has 0 amide bonds. The van der Waals surface area contributed by atoms with Crippen LogP contribution >= 0.6 is 12.9 Å². The molecule has 0 aromatic carbocycles. The molecule has 0 aliphatic carbocycles. The molecule has 1 saturated heterocycles. The number of hydrogen-bond donors (Lipinski definition) is 1. The first-order chi connectivity index (χ1) is 4.24. The average Bonchev–Trinajstić information content (AvgIpc) is 2.13. The second-order valence-corrected chi connectivity index (χ2v) is 2.29. The van der Waals surface area contributed by atoms with Gasteiger partial charge in [0.2, 0.25) is 0 Å². The normalized spacial score (nSPS) is 43.7. The van der Waals surface area contributed by atoms with Gasteiger partial charge in [0.05, 0.1) is 12.2 Å². The lowest BCUT2D eigenvalue weighted by Gasteiger charge is -2.02. The summed E-state index contributed by atoms with van der Waals surface area (Å²) in [5, 5.41) is 0. The molecule has 0 saturated carbocycles. The highest BCUT2D eigenvalue weighted by Crippen LogP contribution is 2.19. The summed E-state index contributed by atoms with van der Waals surface area (Å²) in [5.41, 5.74) is 0. The second-order valence-electron chi connectivity index (χ2n) is 2.08. The molecule has 1 aliphatic rings. The fraction of sp³-hybridized carbons (Fsp3) is 1.00. The standard InChI is InChI=1S/C5H10O3S/c1-3-4(2)7-5(6-3)8-9/h3-5,9H,1-2H3. The van der Waals surface area contributed by atoms with Crippen LogP contribution in [0.3, 0.4) is 0 Å². The Balaban J connectivity index is 2.35. The van der Waals surface area contributed by atoms with Gasteiger partial charge in [0.25, 0.3) is 6.48 Å². The Labute approximate surface area is 59.9 Å². The lowest BCUT2D eigenvalue weighted by Crippen LogP contribution is -2.13. The maximum Gasteiger partial charge on any atom is 0.283 e. The summed E-state index contributed by atoms with van der Waals surface area (Å²) in [6, 6.07) is 0. The summed E-state index contributed by atoms with van der Waals surface area (Å²) < 4.78 is 14.7. The van der Waals surface area contributed by atoms with Crippen LogP contribution in [0.25, 0.3) is 0 Å². The molecule has 1 heterocycles. The van der Waals surface area contributed by atoms with E-state index in [0.29, 0.717) is 0 Å². The molecule has 54 valence electrons. The van der Waals surface area contributed by atoms with Crippen LogP contribution in [0.1, 0.15) is 13.8 Å². The molecule has 0 N–H and O–H groups in total. The largest absolute Gasteiger partial charge is 0.323 e. The zero-order chi connectivity index (χ0) is 6.85. The predicted molar refractivity (Wildman–Crippen MR) is 35.0 cm³/mol. The first kappa shape index (κ1) is 7.34. The molecular weight excluding hydrogens is 140 g/mol. The molecule has 0 aromatic heterocycles. The van der Waals surface area contributed by atoms with E-state index in [0.717, 1.165) is 0 Å². The fourth-order valence-electron chi connectivity index (χ4n) is 0.654. The first-order valence-electron chi connectivity index (χ1n) is 2.85. The molecule has 0 spiro atoms. The van der Waals surface area contributed by atoms with Crippen molar-refractivity contribution < 1.29 is 13.7 Å². The lowest BCUT2D eigenvalue weighted by molar-refractivity contribution is -0.180. The van der Waals surface area contributed by atoms with Crippen molar-refractivity contribution in [3.63, 3.8) is 0 Å². The van der Waals surface area contributed by atoms with Gasteiger partial charge in [-0.2, -0.15) is 0 Å². The minimum Gasteiger partial charge on any atom is -0.323 e. The van der Waals surface area contributed by atoms with E-state index in [2.05, 4.69) is 17.1 Å². The third kappa shape index (κ3) is 1.58. The Hall–Kier alpha value is 0.230. The molecule has 0 aromatic rings. The van der Waals surface area contributed by atoms with E-state index < -0.39 is 6.48 Å². The van der Waals surface area contributed by atoms with E-state index in [-0.39, 0.29) is 12.2 Å². The maximum atomic E-state index is 5.10. The van der Waals surface area contributed by atoms with Gasteiger partial charge >= 0.3 is 0 Å². The number of hydrogen-bond acceptors (Lipinski definition) is 4. The summed E-state index contributed by atoms with van der Waals surface area (Å²) in [6.07, 6.45) is 0.198. The molecule has 0 radical (unpaired) electrons. The minimum absolute atomic E-state index is 0.0992. The van der Waals surface area contributed by atoms with Crippen molar-refractivity contribution in [2.45, 2.75) is 32.5 Å². The van der Waals surface area contributed by atoms with Crippen LogP contribution in [-0.4, -0.2) is 18.7 Å². The Morgan fingerprint density at radius 1 is 1.22 bits per heavy atom. The Bertz CT molecular complexity index is 88.2. The average molecular weight is 150 g/mol. The molecule has 0 bridgehead atoms. The SMILES string of the molecule is CC1OC(OS)OC1C. The molecular formula is C5H10O3S. The van der Waals surface area contributed by atoms with E-state index in [1.807, 2.05) is 13.8 Å². The Morgan fingerprint density at radius 3 is 1.89 bits per heavy atom. The molecule has 2 atom stereocenters. The predicted octanol–water partition coefficient (Wildman–Crippen LogP) is 0.955. The molecule has 1 fully saturated rings. The fourth-order valence-corrected chi connectivity index (χ4v) is 0.753. The lowest BCUT2D eigenvalue weighted by atomic mass is 10.3. The van der Waals surface area contributed by atoms with Gasteiger partial charge in [0.15, 0.2) is 0 Å². The highest BCUT2D eigenvalue weighted by Gasteiger charge is 2.29. The first-order valence-corrected chi connectivity index (χ1v) is 3.21. The summed E-state index contributed by atoms with van der Waals surface area (Å²) in [4.78, 5) is 0. The molecule has 2 unspecified atom stereocenters. The Morgan fingerprint density at radius 2 is 1.67 bits per heavy atom. The van der Waals surface area contributed by atoms with Crippen LogP contribution in [0.5, 0.6) is 0 Å². The smallest absolute Gasteiger partial charge is 0.283 e. The quantitative estimate of drug-likeness (QED) is 0.445. The maximum absolute atomic E-state index is 5.10. The van der Waals surface area contributed by atoms with Crippen molar-refractivity contribution in [2.24, 2.45) is 0 Å². The van der Waals surface area contributed by atoms with Gasteiger partial charge in [-0.05, 0) is 26.8 Å². The van der Waals surface area contributed by atoms with Crippen molar-refractivity contribution in [1.82, 2.24) is 0 Å². The van der Waals surface area contributed by atoms with Crippen LogP contribution in [-0.2, 0) is 13.7 Å². The van der Waals surface area contributed by atoms with E-state index >= 15 is 0 Å². The molecule has 1 rings (SSSR count). The highest BCUT2D eigenvalue weighted by atomic mass is 32.1. The van der Waals surface area contributed by atoms with Crippen LogP contribution in [0.15, 0.2) is 0 Å². The number of thiol groups is 1. The van der Waals surface area contributed by atoms with Crippen LogP contribution in [0.2, 0.25) is 0 Å². The second kappa shape index (κ2) is 2.88. The van der Waals surface area contributed by atoms with Gasteiger partial charge < -0.3 is 9.47 Å². The summed E-state index contributed by atoms with van der Waals surface area (Å²) >= 11 is 3.55. The van der Waals surface area contributed by atoms with E-state index in [9.17, 15) is 0 Å². The van der Waals surface area contributed by atoms with Gasteiger partial charge in [0.1, 0.15) is 0 Å². The Kier molecular flexibility index (Phi) is 2.35. The summed E-state index contributed by atoms with van der Waals surface area (Å²) in [5.74, 6) is 0. The van der Waals surface area contributed by atoms with E-state index in [1.54, 1.807) is 0 Å². The zero-order valence-corrected chi connectivity index (χ0v) is 6.30. The third-order valence-corrected chi connectivity index (χ3v) is 1.57. The van der Waals surface area contributed by atoms with Gasteiger partial charge in [-0.15, -0.1) is 0 Å². The van der Waals surface area contributed by atoms with Crippen molar-refractivity contribution in [1.29, 1.82) is 0 Å². The summed E-state index contributed by atoms with van der Waals surface area (Å²) in [6.45, 7) is 3.27. The number of ether oxygens (including phenoxy) is 2. The zero-order valence-electron chi connectivity index (χ0n) is 5.40. The van der Waals surface area contributed by atoms with Crippen LogP contribution in [0.4, 0.5) is 0 Å².